The molecule has 0 aromatic heterocycles. The van der Waals surface area contributed by atoms with E-state index in [9.17, 15) is 4.39 Å². The van der Waals surface area contributed by atoms with Crippen molar-refractivity contribution in [3.8, 4) is 0 Å². The van der Waals surface area contributed by atoms with Crippen LogP contribution in [0.5, 0.6) is 0 Å². The van der Waals surface area contributed by atoms with Gasteiger partial charge in [-0.15, -0.1) is 0 Å². The Labute approximate surface area is 122 Å². The average molecular weight is 322 g/mol. The molecule has 19 heavy (non-hydrogen) atoms. The van der Waals surface area contributed by atoms with Gasteiger partial charge < -0.3 is 5.32 Å². The van der Waals surface area contributed by atoms with Gasteiger partial charge in [0, 0.05) is 6.54 Å². The largest absolute Gasteiger partial charge is 0.312 e. The fourth-order valence-electron chi connectivity index (χ4n) is 1.98. The Bertz CT molecular complexity index is 554. The van der Waals surface area contributed by atoms with Gasteiger partial charge in [0.25, 0.3) is 0 Å². The van der Waals surface area contributed by atoms with Crippen molar-refractivity contribution >= 4 is 15.9 Å². The number of benzene rings is 2. The molecule has 100 valence electrons. The minimum absolute atomic E-state index is 0.219. The van der Waals surface area contributed by atoms with Gasteiger partial charge in [0.1, 0.15) is 5.82 Å². The molecule has 0 spiro atoms. The lowest BCUT2D eigenvalue weighted by Crippen LogP contribution is -2.16. The maximum absolute atomic E-state index is 13.1. The minimum Gasteiger partial charge on any atom is -0.312 e. The van der Waals surface area contributed by atoms with Crippen molar-refractivity contribution < 1.29 is 4.39 Å². The number of hydrogen-bond acceptors (Lipinski definition) is 1. The van der Waals surface area contributed by atoms with Gasteiger partial charge in [-0.2, -0.15) is 0 Å². The third-order valence-electron chi connectivity index (χ3n) is 2.99. The molecule has 0 fully saturated rings. The number of rotatable bonds is 5. The first kappa shape index (κ1) is 14.2. The third kappa shape index (κ3) is 4.44. The van der Waals surface area contributed by atoms with Crippen LogP contribution in [-0.4, -0.2) is 6.54 Å². The van der Waals surface area contributed by atoms with Gasteiger partial charge in [-0.25, -0.2) is 4.39 Å². The van der Waals surface area contributed by atoms with E-state index in [1.165, 1.54) is 17.2 Å². The van der Waals surface area contributed by atoms with E-state index in [1.807, 2.05) is 6.07 Å². The van der Waals surface area contributed by atoms with Crippen LogP contribution in [0.15, 0.2) is 46.9 Å². The van der Waals surface area contributed by atoms with Crippen LogP contribution in [0.3, 0.4) is 0 Å². The zero-order chi connectivity index (χ0) is 13.7. The van der Waals surface area contributed by atoms with Crippen LogP contribution in [0.2, 0.25) is 0 Å². The molecule has 0 aliphatic heterocycles. The molecular formula is C16H17BrFN. The standard InChI is InChI=1S/C16H17BrFN/c1-12-3-2-4-13(9-12)7-8-19-11-14-5-6-16(18)15(17)10-14/h2-6,9-10,19H,7-8,11H2,1H3. The van der Waals surface area contributed by atoms with Crippen molar-refractivity contribution in [2.24, 2.45) is 0 Å². The van der Waals surface area contributed by atoms with Gasteiger partial charge in [0.05, 0.1) is 4.47 Å². The normalized spacial score (nSPS) is 10.7. The third-order valence-corrected chi connectivity index (χ3v) is 3.59. The maximum Gasteiger partial charge on any atom is 0.137 e. The predicted octanol–water partition coefficient (Wildman–Crippen LogP) is 4.23. The second kappa shape index (κ2) is 6.83. The molecule has 0 saturated heterocycles. The van der Waals surface area contributed by atoms with Gasteiger partial charge in [-0.05, 0) is 59.1 Å². The average Bonchev–Trinajstić information content (AvgIpc) is 2.39. The number of hydrogen-bond donors (Lipinski definition) is 1. The minimum atomic E-state index is -0.219. The second-order valence-corrected chi connectivity index (χ2v) is 5.52. The summed E-state index contributed by atoms with van der Waals surface area (Å²) in [6.45, 7) is 3.77. The summed E-state index contributed by atoms with van der Waals surface area (Å²) in [6, 6.07) is 13.6. The molecule has 2 aromatic carbocycles. The number of aryl methyl sites for hydroxylation is 1. The molecular weight excluding hydrogens is 305 g/mol. The summed E-state index contributed by atoms with van der Waals surface area (Å²) in [4.78, 5) is 0. The highest BCUT2D eigenvalue weighted by Crippen LogP contribution is 2.16. The molecule has 1 N–H and O–H groups in total. The summed E-state index contributed by atoms with van der Waals surface area (Å²) < 4.78 is 13.6. The monoisotopic (exact) mass is 321 g/mol. The van der Waals surface area contributed by atoms with Crippen LogP contribution >= 0.6 is 15.9 Å². The first-order valence-electron chi connectivity index (χ1n) is 6.35. The Morgan fingerprint density at radius 3 is 2.68 bits per heavy atom. The van der Waals surface area contributed by atoms with Gasteiger partial charge in [0.2, 0.25) is 0 Å². The van der Waals surface area contributed by atoms with Crippen LogP contribution in [0.25, 0.3) is 0 Å². The lowest BCUT2D eigenvalue weighted by Gasteiger charge is -2.06. The first-order valence-corrected chi connectivity index (χ1v) is 7.14. The first-order chi connectivity index (χ1) is 9.15. The summed E-state index contributed by atoms with van der Waals surface area (Å²) in [5.74, 6) is -0.219. The highest BCUT2D eigenvalue weighted by atomic mass is 79.9. The van der Waals surface area contributed by atoms with Gasteiger partial charge in [-0.3, -0.25) is 0 Å². The van der Waals surface area contributed by atoms with Gasteiger partial charge in [-0.1, -0.05) is 35.9 Å². The van der Waals surface area contributed by atoms with Crippen molar-refractivity contribution in [2.45, 2.75) is 19.9 Å². The molecule has 1 nitrogen and oxygen atoms in total. The lowest BCUT2D eigenvalue weighted by atomic mass is 10.1. The Hall–Kier alpha value is -1.19. The molecule has 0 unspecified atom stereocenters. The van der Waals surface area contributed by atoms with E-state index in [2.05, 4.69) is 52.4 Å². The van der Waals surface area contributed by atoms with E-state index in [-0.39, 0.29) is 5.82 Å². The summed E-state index contributed by atoms with van der Waals surface area (Å²) in [6.07, 6.45) is 1.00. The number of nitrogens with one attached hydrogen (secondary N) is 1. The van der Waals surface area contributed by atoms with Crippen LogP contribution in [0, 0.1) is 12.7 Å². The Morgan fingerprint density at radius 2 is 1.95 bits per heavy atom. The van der Waals surface area contributed by atoms with Crippen LogP contribution in [-0.2, 0) is 13.0 Å². The van der Waals surface area contributed by atoms with Crippen LogP contribution < -0.4 is 5.32 Å². The Balaban J connectivity index is 1.79. The molecule has 0 amide bonds. The Kier molecular flexibility index (Phi) is 5.11. The molecule has 3 heteroatoms. The fourth-order valence-corrected chi connectivity index (χ4v) is 2.41. The molecule has 2 rings (SSSR count). The quantitative estimate of drug-likeness (QED) is 0.813. The molecule has 0 saturated carbocycles. The summed E-state index contributed by atoms with van der Waals surface area (Å²) in [5.41, 5.74) is 3.71. The van der Waals surface area contributed by atoms with E-state index in [1.54, 1.807) is 6.07 Å². The van der Waals surface area contributed by atoms with Crippen LogP contribution in [0.1, 0.15) is 16.7 Å². The highest BCUT2D eigenvalue weighted by molar-refractivity contribution is 9.10. The summed E-state index contributed by atoms with van der Waals surface area (Å²) in [5, 5.41) is 3.37. The Morgan fingerprint density at radius 1 is 1.11 bits per heavy atom. The molecule has 0 aliphatic carbocycles. The van der Waals surface area contributed by atoms with Crippen molar-refractivity contribution in [1.29, 1.82) is 0 Å². The SMILES string of the molecule is Cc1cccc(CCNCc2ccc(F)c(Br)c2)c1. The lowest BCUT2D eigenvalue weighted by molar-refractivity contribution is 0.618. The molecule has 0 bridgehead atoms. The van der Waals surface area contributed by atoms with E-state index in [0.29, 0.717) is 4.47 Å². The van der Waals surface area contributed by atoms with Gasteiger partial charge in [0.15, 0.2) is 0 Å². The second-order valence-electron chi connectivity index (χ2n) is 4.66. The highest BCUT2D eigenvalue weighted by Gasteiger charge is 2.00. The maximum atomic E-state index is 13.1. The van der Waals surface area contributed by atoms with Crippen molar-refractivity contribution in [3.63, 3.8) is 0 Å². The molecule has 0 radical (unpaired) electrons. The topological polar surface area (TPSA) is 12.0 Å². The molecule has 0 aliphatic rings. The van der Waals surface area contributed by atoms with E-state index < -0.39 is 0 Å². The molecule has 0 atom stereocenters. The van der Waals surface area contributed by atoms with Crippen molar-refractivity contribution in [2.75, 3.05) is 6.54 Å². The zero-order valence-corrected chi connectivity index (χ0v) is 12.5. The van der Waals surface area contributed by atoms with E-state index in [0.717, 1.165) is 25.1 Å². The van der Waals surface area contributed by atoms with Crippen LogP contribution in [0.4, 0.5) is 4.39 Å². The smallest absolute Gasteiger partial charge is 0.137 e. The predicted molar refractivity (Wildman–Crippen MR) is 80.7 cm³/mol. The number of halogens is 2. The zero-order valence-electron chi connectivity index (χ0n) is 10.9. The summed E-state index contributed by atoms with van der Waals surface area (Å²) >= 11 is 3.20. The molecule has 0 heterocycles. The molecule has 2 aromatic rings. The van der Waals surface area contributed by atoms with Crippen molar-refractivity contribution in [1.82, 2.24) is 5.32 Å². The van der Waals surface area contributed by atoms with E-state index >= 15 is 0 Å². The van der Waals surface area contributed by atoms with Gasteiger partial charge >= 0.3 is 0 Å². The van der Waals surface area contributed by atoms with Crippen molar-refractivity contribution in [3.05, 3.63) is 69.4 Å². The fraction of sp³-hybridized carbons (Fsp3) is 0.250. The van der Waals surface area contributed by atoms with E-state index in [4.69, 9.17) is 0 Å². The summed E-state index contributed by atoms with van der Waals surface area (Å²) in [7, 11) is 0.